The maximum atomic E-state index is 12.0. The van der Waals surface area contributed by atoms with Gasteiger partial charge in [-0.1, -0.05) is 12.1 Å². The fourth-order valence-corrected chi connectivity index (χ4v) is 2.09. The van der Waals surface area contributed by atoms with Gasteiger partial charge in [0.05, 0.1) is 0 Å². The number of carbonyl (C=O) groups is 1. The predicted octanol–water partition coefficient (Wildman–Crippen LogP) is 1.13. The number of ether oxygens (including phenoxy) is 1. The molecule has 1 aromatic rings. The third-order valence-corrected chi connectivity index (χ3v) is 3.33. The lowest BCUT2D eigenvalue weighted by Crippen LogP contribution is -2.39. The fourth-order valence-electron chi connectivity index (χ4n) is 2.09. The number of amides is 1. The molecule has 0 aromatic heterocycles. The third kappa shape index (κ3) is 7.15. The number of carbonyl (C=O) groups excluding carboxylic acids is 1. The minimum Gasteiger partial charge on any atom is -0.385 e. The standard InChI is InChI=1S/C17H28N4O2/c1-18-17(19-10-6-12-23-4)20-11-9-14-7-5-8-15(13-14)16(22)21(2)3/h5,7-8,13H,6,9-12H2,1-4H3,(H2,18,19,20). The minimum absolute atomic E-state index is 0.0235. The zero-order valence-electron chi connectivity index (χ0n) is 14.6. The van der Waals surface area contributed by atoms with Gasteiger partial charge in [0, 0.05) is 53.5 Å². The molecule has 0 aliphatic rings. The molecule has 0 aliphatic carbocycles. The predicted molar refractivity (Wildman–Crippen MR) is 94.0 cm³/mol. The average Bonchev–Trinajstić information content (AvgIpc) is 2.56. The molecule has 0 unspecified atom stereocenters. The maximum absolute atomic E-state index is 12.0. The van der Waals surface area contributed by atoms with Crippen LogP contribution in [0.15, 0.2) is 29.3 Å². The monoisotopic (exact) mass is 320 g/mol. The van der Waals surface area contributed by atoms with Crippen LogP contribution in [0.1, 0.15) is 22.3 Å². The normalized spacial score (nSPS) is 11.2. The second-order valence-electron chi connectivity index (χ2n) is 5.42. The SMILES string of the molecule is CN=C(NCCCOC)NCCc1cccc(C(=O)N(C)C)c1. The Morgan fingerprint density at radius 1 is 1.26 bits per heavy atom. The van der Waals surface area contributed by atoms with E-state index in [1.165, 1.54) is 0 Å². The van der Waals surface area contributed by atoms with E-state index in [2.05, 4.69) is 15.6 Å². The lowest BCUT2D eigenvalue weighted by molar-refractivity contribution is 0.0827. The van der Waals surface area contributed by atoms with Crippen LogP contribution >= 0.6 is 0 Å². The van der Waals surface area contributed by atoms with Crippen molar-refractivity contribution in [3.05, 3.63) is 35.4 Å². The summed E-state index contributed by atoms with van der Waals surface area (Å²) < 4.78 is 5.01. The van der Waals surface area contributed by atoms with Crippen LogP contribution in [-0.4, -0.2) is 64.7 Å². The van der Waals surface area contributed by atoms with Gasteiger partial charge in [-0.05, 0) is 30.5 Å². The Labute approximate surface area is 138 Å². The number of aliphatic imine (C=N–C) groups is 1. The molecular formula is C17H28N4O2. The molecule has 0 saturated carbocycles. The zero-order chi connectivity index (χ0) is 17.1. The number of guanidine groups is 1. The van der Waals surface area contributed by atoms with Crippen molar-refractivity contribution in [1.29, 1.82) is 0 Å². The summed E-state index contributed by atoms with van der Waals surface area (Å²) in [6.45, 7) is 2.31. The van der Waals surface area contributed by atoms with Crippen molar-refractivity contribution >= 4 is 11.9 Å². The number of nitrogens with zero attached hydrogens (tertiary/aromatic N) is 2. The van der Waals surface area contributed by atoms with Crippen LogP contribution in [0, 0.1) is 0 Å². The average molecular weight is 320 g/mol. The highest BCUT2D eigenvalue weighted by Gasteiger charge is 2.08. The van der Waals surface area contributed by atoms with E-state index in [9.17, 15) is 4.79 Å². The molecule has 128 valence electrons. The summed E-state index contributed by atoms with van der Waals surface area (Å²) in [5, 5.41) is 6.50. The van der Waals surface area contributed by atoms with Crippen molar-refractivity contribution in [3.8, 4) is 0 Å². The van der Waals surface area contributed by atoms with E-state index in [1.54, 1.807) is 33.2 Å². The first-order valence-electron chi connectivity index (χ1n) is 7.82. The molecule has 0 spiro atoms. The number of hydrogen-bond acceptors (Lipinski definition) is 3. The van der Waals surface area contributed by atoms with Crippen LogP contribution in [0.4, 0.5) is 0 Å². The molecule has 2 N–H and O–H groups in total. The summed E-state index contributed by atoms with van der Waals surface area (Å²) in [7, 11) is 6.97. The summed E-state index contributed by atoms with van der Waals surface area (Å²) in [5.74, 6) is 0.803. The largest absolute Gasteiger partial charge is 0.385 e. The van der Waals surface area contributed by atoms with Gasteiger partial charge in [-0.15, -0.1) is 0 Å². The first kappa shape index (κ1) is 19.0. The summed E-state index contributed by atoms with van der Waals surface area (Å²) in [6, 6.07) is 7.74. The highest BCUT2D eigenvalue weighted by atomic mass is 16.5. The van der Waals surface area contributed by atoms with Gasteiger partial charge in [0.25, 0.3) is 5.91 Å². The molecule has 1 rings (SSSR count). The number of nitrogens with one attached hydrogen (secondary N) is 2. The highest BCUT2D eigenvalue weighted by Crippen LogP contribution is 2.07. The Balaban J connectivity index is 2.42. The molecule has 0 atom stereocenters. The zero-order valence-corrected chi connectivity index (χ0v) is 14.6. The van der Waals surface area contributed by atoms with Crippen molar-refractivity contribution in [2.45, 2.75) is 12.8 Å². The number of benzene rings is 1. The molecule has 23 heavy (non-hydrogen) atoms. The maximum Gasteiger partial charge on any atom is 0.253 e. The summed E-state index contributed by atoms with van der Waals surface area (Å²) in [5.41, 5.74) is 1.84. The van der Waals surface area contributed by atoms with E-state index in [0.717, 1.165) is 49.6 Å². The van der Waals surface area contributed by atoms with E-state index >= 15 is 0 Å². The summed E-state index contributed by atoms with van der Waals surface area (Å²) >= 11 is 0. The molecule has 6 heteroatoms. The molecule has 1 amide bonds. The van der Waals surface area contributed by atoms with Gasteiger partial charge >= 0.3 is 0 Å². The van der Waals surface area contributed by atoms with Crippen LogP contribution in [0.3, 0.4) is 0 Å². The summed E-state index contributed by atoms with van der Waals surface area (Å²) in [4.78, 5) is 17.7. The van der Waals surface area contributed by atoms with Crippen LogP contribution < -0.4 is 10.6 Å². The topological polar surface area (TPSA) is 66.0 Å². The Morgan fingerprint density at radius 2 is 2.00 bits per heavy atom. The summed E-state index contributed by atoms with van der Waals surface area (Å²) in [6.07, 6.45) is 1.76. The molecule has 6 nitrogen and oxygen atoms in total. The van der Waals surface area contributed by atoms with Gasteiger partial charge in [0.2, 0.25) is 0 Å². The smallest absolute Gasteiger partial charge is 0.253 e. The number of methoxy groups -OCH3 is 1. The van der Waals surface area contributed by atoms with Crippen LogP contribution in [0.2, 0.25) is 0 Å². The Kier molecular flexibility index (Phi) is 8.75. The van der Waals surface area contributed by atoms with Gasteiger partial charge in [0.1, 0.15) is 0 Å². The van der Waals surface area contributed by atoms with E-state index in [-0.39, 0.29) is 5.91 Å². The molecule has 1 aromatic carbocycles. The van der Waals surface area contributed by atoms with E-state index < -0.39 is 0 Å². The lowest BCUT2D eigenvalue weighted by atomic mass is 10.1. The van der Waals surface area contributed by atoms with Crippen LogP contribution in [-0.2, 0) is 11.2 Å². The molecule has 0 radical (unpaired) electrons. The first-order valence-corrected chi connectivity index (χ1v) is 7.82. The highest BCUT2D eigenvalue weighted by molar-refractivity contribution is 5.94. The van der Waals surface area contributed by atoms with Gasteiger partial charge < -0.3 is 20.3 Å². The van der Waals surface area contributed by atoms with Crippen molar-refractivity contribution in [2.75, 3.05) is 47.9 Å². The van der Waals surface area contributed by atoms with Gasteiger partial charge in [-0.25, -0.2) is 0 Å². The van der Waals surface area contributed by atoms with Crippen LogP contribution in [0.5, 0.6) is 0 Å². The molecule has 0 heterocycles. The second kappa shape index (κ2) is 10.6. The number of rotatable bonds is 8. The van der Waals surface area contributed by atoms with Crippen LogP contribution in [0.25, 0.3) is 0 Å². The molecule has 0 saturated heterocycles. The third-order valence-electron chi connectivity index (χ3n) is 3.33. The van der Waals surface area contributed by atoms with Gasteiger partial charge in [0.15, 0.2) is 5.96 Å². The molecule has 0 fully saturated rings. The Bertz CT molecular complexity index is 515. The second-order valence-corrected chi connectivity index (χ2v) is 5.42. The Hall–Kier alpha value is -2.08. The quantitative estimate of drug-likeness (QED) is 0.428. The van der Waals surface area contributed by atoms with Crippen molar-refractivity contribution in [1.82, 2.24) is 15.5 Å². The van der Waals surface area contributed by atoms with Crippen molar-refractivity contribution in [2.24, 2.45) is 4.99 Å². The molecule has 0 aliphatic heterocycles. The fraction of sp³-hybridized carbons (Fsp3) is 0.529. The molecule has 0 bridgehead atoms. The lowest BCUT2D eigenvalue weighted by Gasteiger charge is -2.13. The van der Waals surface area contributed by atoms with Crippen molar-refractivity contribution in [3.63, 3.8) is 0 Å². The molecular weight excluding hydrogens is 292 g/mol. The van der Waals surface area contributed by atoms with Crippen molar-refractivity contribution < 1.29 is 9.53 Å². The van der Waals surface area contributed by atoms with E-state index in [4.69, 9.17) is 4.74 Å². The minimum atomic E-state index is 0.0235. The van der Waals surface area contributed by atoms with E-state index in [0.29, 0.717) is 0 Å². The van der Waals surface area contributed by atoms with E-state index in [1.807, 2.05) is 24.3 Å². The first-order chi connectivity index (χ1) is 11.1. The Morgan fingerprint density at radius 3 is 2.65 bits per heavy atom. The van der Waals surface area contributed by atoms with Gasteiger partial charge in [-0.3, -0.25) is 9.79 Å². The van der Waals surface area contributed by atoms with Gasteiger partial charge in [-0.2, -0.15) is 0 Å². The number of hydrogen-bond donors (Lipinski definition) is 2.